The van der Waals surface area contributed by atoms with Crippen LogP contribution in [0.1, 0.15) is 0 Å². The van der Waals surface area contributed by atoms with Gasteiger partial charge < -0.3 is 4.74 Å². The molecule has 0 saturated heterocycles. The molecule has 0 radical (unpaired) electrons. The number of aromatic nitrogens is 2. The molecule has 0 fully saturated rings. The third-order valence-electron chi connectivity index (χ3n) is 2.49. The van der Waals surface area contributed by atoms with E-state index in [9.17, 15) is 4.79 Å². The Balaban J connectivity index is 2.21. The van der Waals surface area contributed by atoms with Gasteiger partial charge in [-0.15, -0.1) is 11.3 Å². The van der Waals surface area contributed by atoms with Gasteiger partial charge in [0.25, 0.3) is 6.47 Å². The second-order valence-corrected chi connectivity index (χ2v) is 4.36. The molecule has 17 heavy (non-hydrogen) atoms. The highest BCUT2D eigenvalue weighted by Gasteiger charge is 2.13. The number of ether oxygens (including phenoxy) is 1. The molecule has 5 heteroatoms. The molecule has 1 aromatic carbocycles. The molecule has 1 N–H and O–H groups in total. The Morgan fingerprint density at radius 3 is 3.06 bits per heavy atom. The number of nitrogens with zero attached hydrogens (tertiary/aromatic N) is 1. The van der Waals surface area contributed by atoms with Crippen molar-refractivity contribution in [2.45, 2.75) is 0 Å². The van der Waals surface area contributed by atoms with E-state index in [0.29, 0.717) is 12.2 Å². The Bertz CT molecular complexity index is 672. The number of carbonyl (C=O) groups excluding carboxylic acids is 1. The maximum absolute atomic E-state index is 10.5. The molecule has 0 aliphatic carbocycles. The number of nitrogens with one attached hydrogen (secondary N) is 1. The van der Waals surface area contributed by atoms with Crippen LogP contribution in [0.15, 0.2) is 35.7 Å². The fourth-order valence-electron chi connectivity index (χ4n) is 1.75. The predicted molar refractivity (Wildman–Crippen MR) is 66.1 cm³/mol. The highest BCUT2D eigenvalue weighted by atomic mass is 32.1. The van der Waals surface area contributed by atoms with Gasteiger partial charge in [0.2, 0.25) is 0 Å². The summed E-state index contributed by atoms with van der Waals surface area (Å²) in [5.74, 6) is 0.518. The summed E-state index contributed by atoms with van der Waals surface area (Å²) < 4.78 is 6.02. The number of hydrogen-bond acceptors (Lipinski definition) is 4. The van der Waals surface area contributed by atoms with Crippen LogP contribution in [-0.2, 0) is 4.79 Å². The molecule has 0 amide bonds. The zero-order valence-corrected chi connectivity index (χ0v) is 9.53. The van der Waals surface area contributed by atoms with Crippen molar-refractivity contribution in [3.8, 4) is 17.0 Å². The lowest BCUT2D eigenvalue weighted by molar-refractivity contribution is -0.120. The SMILES string of the molecule is O=COc1ccccc1-c1n[nH]c2ccsc12. The third-order valence-corrected chi connectivity index (χ3v) is 3.41. The fourth-order valence-corrected chi connectivity index (χ4v) is 2.60. The van der Waals surface area contributed by atoms with Crippen molar-refractivity contribution >= 4 is 28.0 Å². The highest BCUT2D eigenvalue weighted by molar-refractivity contribution is 7.17. The molecule has 0 atom stereocenters. The predicted octanol–water partition coefficient (Wildman–Crippen LogP) is 2.83. The van der Waals surface area contributed by atoms with E-state index in [-0.39, 0.29) is 0 Å². The summed E-state index contributed by atoms with van der Waals surface area (Å²) in [7, 11) is 0. The Morgan fingerprint density at radius 1 is 1.29 bits per heavy atom. The minimum Gasteiger partial charge on any atom is -0.428 e. The Labute approximate surface area is 101 Å². The molecule has 4 nitrogen and oxygen atoms in total. The quantitative estimate of drug-likeness (QED) is 0.721. The topological polar surface area (TPSA) is 55.0 Å². The summed E-state index contributed by atoms with van der Waals surface area (Å²) >= 11 is 1.60. The van der Waals surface area contributed by atoms with Crippen LogP contribution in [0.2, 0.25) is 0 Å². The van der Waals surface area contributed by atoms with E-state index in [4.69, 9.17) is 4.74 Å². The van der Waals surface area contributed by atoms with Gasteiger partial charge in [-0.1, -0.05) is 12.1 Å². The summed E-state index contributed by atoms with van der Waals surface area (Å²) in [6.07, 6.45) is 0. The normalized spacial score (nSPS) is 10.6. The maximum atomic E-state index is 10.5. The molecule has 0 aliphatic heterocycles. The van der Waals surface area contributed by atoms with Crippen molar-refractivity contribution in [2.24, 2.45) is 0 Å². The lowest BCUT2D eigenvalue weighted by Gasteiger charge is -2.03. The molecular weight excluding hydrogens is 236 g/mol. The largest absolute Gasteiger partial charge is 0.428 e. The molecule has 0 bridgehead atoms. The second kappa shape index (κ2) is 4.03. The minimum atomic E-state index is 0.428. The van der Waals surface area contributed by atoms with E-state index in [1.165, 1.54) is 0 Å². The van der Waals surface area contributed by atoms with E-state index < -0.39 is 0 Å². The van der Waals surface area contributed by atoms with Crippen molar-refractivity contribution in [2.75, 3.05) is 0 Å². The average Bonchev–Trinajstić information content (AvgIpc) is 2.92. The Kier molecular flexibility index (Phi) is 2.38. The lowest BCUT2D eigenvalue weighted by atomic mass is 10.1. The van der Waals surface area contributed by atoms with E-state index in [1.54, 1.807) is 17.4 Å². The minimum absolute atomic E-state index is 0.428. The average molecular weight is 244 g/mol. The Morgan fingerprint density at radius 2 is 2.18 bits per heavy atom. The summed E-state index contributed by atoms with van der Waals surface area (Å²) in [6.45, 7) is 0.428. The standard InChI is InChI=1S/C12H8N2O2S/c15-7-16-10-4-2-1-3-8(10)11-12-9(13-14-11)5-6-17-12/h1-7H,(H,13,14). The molecule has 3 aromatic rings. The molecule has 0 spiro atoms. The van der Waals surface area contributed by atoms with Gasteiger partial charge in [-0.2, -0.15) is 5.10 Å². The van der Waals surface area contributed by atoms with Gasteiger partial charge in [0.15, 0.2) is 0 Å². The first-order chi connectivity index (χ1) is 8.40. The first-order valence-electron chi connectivity index (χ1n) is 5.01. The monoisotopic (exact) mass is 244 g/mol. The van der Waals surface area contributed by atoms with E-state index in [1.807, 2.05) is 29.6 Å². The van der Waals surface area contributed by atoms with Gasteiger partial charge in [-0.25, -0.2) is 0 Å². The van der Waals surface area contributed by atoms with Crippen LogP contribution in [0.4, 0.5) is 0 Å². The van der Waals surface area contributed by atoms with Crippen LogP contribution in [0.5, 0.6) is 5.75 Å². The van der Waals surface area contributed by atoms with Crippen LogP contribution in [-0.4, -0.2) is 16.7 Å². The number of aromatic amines is 1. The van der Waals surface area contributed by atoms with E-state index >= 15 is 0 Å². The zero-order valence-electron chi connectivity index (χ0n) is 8.71. The first kappa shape index (κ1) is 10.0. The number of rotatable bonds is 3. The summed E-state index contributed by atoms with van der Waals surface area (Å²) in [6, 6.07) is 9.31. The van der Waals surface area contributed by atoms with Gasteiger partial charge in [-0.3, -0.25) is 9.89 Å². The van der Waals surface area contributed by atoms with Gasteiger partial charge >= 0.3 is 0 Å². The number of benzene rings is 1. The van der Waals surface area contributed by atoms with Gasteiger partial charge in [0, 0.05) is 5.56 Å². The van der Waals surface area contributed by atoms with Gasteiger partial charge in [0.1, 0.15) is 11.4 Å². The van der Waals surface area contributed by atoms with Crippen molar-refractivity contribution in [1.82, 2.24) is 10.2 Å². The van der Waals surface area contributed by atoms with Crippen molar-refractivity contribution in [1.29, 1.82) is 0 Å². The highest BCUT2D eigenvalue weighted by Crippen LogP contribution is 2.35. The molecule has 0 aliphatic rings. The molecule has 2 heterocycles. The zero-order chi connectivity index (χ0) is 11.7. The van der Waals surface area contributed by atoms with E-state index in [2.05, 4.69) is 10.2 Å². The summed E-state index contributed by atoms with van der Waals surface area (Å²) in [5.41, 5.74) is 2.62. The van der Waals surface area contributed by atoms with Crippen molar-refractivity contribution in [3.63, 3.8) is 0 Å². The van der Waals surface area contributed by atoms with Crippen molar-refractivity contribution in [3.05, 3.63) is 35.7 Å². The summed E-state index contributed by atoms with van der Waals surface area (Å²) in [5, 5.41) is 9.21. The number of carbonyl (C=O) groups is 1. The number of hydrogen-bond donors (Lipinski definition) is 1. The smallest absolute Gasteiger partial charge is 0.298 e. The Hall–Kier alpha value is -2.14. The number of fused-ring (bicyclic) bond motifs is 1. The number of thiophene rings is 1. The lowest BCUT2D eigenvalue weighted by Crippen LogP contribution is -1.91. The maximum Gasteiger partial charge on any atom is 0.298 e. The number of H-pyrrole nitrogens is 1. The molecule has 84 valence electrons. The van der Waals surface area contributed by atoms with Crippen LogP contribution in [0.25, 0.3) is 21.5 Å². The van der Waals surface area contributed by atoms with Gasteiger partial charge in [0.05, 0.1) is 10.2 Å². The fraction of sp³-hybridized carbons (Fsp3) is 0. The van der Waals surface area contributed by atoms with E-state index in [0.717, 1.165) is 21.5 Å². The van der Waals surface area contributed by atoms with Gasteiger partial charge in [-0.05, 0) is 23.6 Å². The molecule has 0 unspecified atom stereocenters. The van der Waals surface area contributed by atoms with Crippen molar-refractivity contribution < 1.29 is 9.53 Å². The molecule has 3 rings (SSSR count). The van der Waals surface area contributed by atoms with Crippen LogP contribution >= 0.6 is 11.3 Å². The first-order valence-corrected chi connectivity index (χ1v) is 5.89. The molecule has 2 aromatic heterocycles. The van der Waals surface area contributed by atoms with Crippen LogP contribution < -0.4 is 4.74 Å². The van der Waals surface area contributed by atoms with Crippen LogP contribution in [0, 0.1) is 0 Å². The molecule has 0 saturated carbocycles. The second-order valence-electron chi connectivity index (χ2n) is 3.45. The molecular formula is C12H8N2O2S. The number of para-hydroxylation sites is 1. The third kappa shape index (κ3) is 1.60. The van der Waals surface area contributed by atoms with Crippen LogP contribution in [0.3, 0.4) is 0 Å². The summed E-state index contributed by atoms with van der Waals surface area (Å²) in [4.78, 5) is 10.5.